The Morgan fingerprint density at radius 1 is 0.840 bits per heavy atom. The van der Waals surface area contributed by atoms with Gasteiger partial charge >= 0.3 is 6.18 Å². The molecule has 0 bridgehead atoms. The van der Waals surface area contributed by atoms with Crippen molar-refractivity contribution in [2.45, 2.75) is 44.1 Å². The summed E-state index contributed by atoms with van der Waals surface area (Å²) >= 11 is 0. The average Bonchev–Trinajstić information content (AvgIpc) is 2.59. The van der Waals surface area contributed by atoms with E-state index in [2.05, 4.69) is 0 Å². The van der Waals surface area contributed by atoms with Crippen LogP contribution in [0.3, 0.4) is 0 Å². The first kappa shape index (κ1) is 18.5. The smallest absolute Gasteiger partial charge is 0.352 e. The molecule has 0 radical (unpaired) electrons. The third-order valence-electron chi connectivity index (χ3n) is 5.02. The summed E-state index contributed by atoms with van der Waals surface area (Å²) in [6, 6.07) is 2.01. The number of ether oxygens (including phenoxy) is 2. The Labute approximate surface area is 141 Å². The summed E-state index contributed by atoms with van der Waals surface area (Å²) in [6.07, 6.45) is -2.64. The lowest BCUT2D eigenvalue weighted by molar-refractivity contribution is -0.286. The van der Waals surface area contributed by atoms with Gasteiger partial charge in [0, 0.05) is 5.92 Å². The van der Waals surface area contributed by atoms with Gasteiger partial charge in [0.2, 0.25) is 0 Å². The Balaban J connectivity index is 1.54. The van der Waals surface area contributed by atoms with Crippen LogP contribution >= 0.6 is 0 Å². The highest BCUT2D eigenvalue weighted by atomic mass is 19.4. The minimum atomic E-state index is -4.33. The van der Waals surface area contributed by atoms with Crippen molar-refractivity contribution < 1.29 is 35.8 Å². The maximum Gasteiger partial charge on any atom is 0.396 e. The fourth-order valence-corrected chi connectivity index (χ4v) is 3.51. The van der Waals surface area contributed by atoms with E-state index in [4.69, 9.17) is 9.47 Å². The van der Waals surface area contributed by atoms with Crippen molar-refractivity contribution in [1.29, 1.82) is 0 Å². The van der Waals surface area contributed by atoms with Gasteiger partial charge in [-0.1, -0.05) is 0 Å². The predicted octanol–water partition coefficient (Wildman–Crippen LogP) is 4.93. The van der Waals surface area contributed by atoms with Gasteiger partial charge in [0.1, 0.15) is 5.92 Å². The van der Waals surface area contributed by atoms with Gasteiger partial charge in [0.05, 0.1) is 13.2 Å². The molecule has 1 saturated carbocycles. The molecule has 0 N–H and O–H groups in total. The lowest BCUT2D eigenvalue weighted by Crippen LogP contribution is -2.43. The highest BCUT2D eigenvalue weighted by molar-refractivity contribution is 5.23. The molecule has 2 fully saturated rings. The Morgan fingerprint density at radius 3 is 1.84 bits per heavy atom. The quantitative estimate of drug-likeness (QED) is 0.544. The van der Waals surface area contributed by atoms with E-state index in [-0.39, 0.29) is 11.8 Å². The zero-order valence-corrected chi connectivity index (χ0v) is 13.3. The molecule has 2 aliphatic rings. The summed E-state index contributed by atoms with van der Waals surface area (Å²) in [5.41, 5.74) is 0.400. The van der Waals surface area contributed by atoms with Crippen molar-refractivity contribution >= 4 is 0 Å². The maximum absolute atomic E-state index is 13.3. The van der Waals surface area contributed by atoms with Crippen LogP contribution in [0.2, 0.25) is 0 Å². The number of alkyl halides is 3. The number of hydrogen-bond acceptors (Lipinski definition) is 2. The first-order valence-electron chi connectivity index (χ1n) is 8.20. The van der Waals surface area contributed by atoms with Crippen LogP contribution in [-0.2, 0) is 9.47 Å². The lowest BCUT2D eigenvalue weighted by Gasteiger charge is -2.38. The second-order valence-corrected chi connectivity index (χ2v) is 6.68. The van der Waals surface area contributed by atoms with Gasteiger partial charge < -0.3 is 9.47 Å². The average molecular weight is 368 g/mol. The molecule has 25 heavy (non-hydrogen) atoms. The normalized spacial score (nSPS) is 31.1. The van der Waals surface area contributed by atoms with Crippen LogP contribution in [0.4, 0.5) is 26.3 Å². The third kappa shape index (κ3) is 4.11. The van der Waals surface area contributed by atoms with E-state index >= 15 is 0 Å². The van der Waals surface area contributed by atoms with Gasteiger partial charge in [-0.2, -0.15) is 13.2 Å². The molecule has 1 aromatic rings. The number of rotatable bonds is 2. The van der Waals surface area contributed by atoms with Gasteiger partial charge in [0.15, 0.2) is 23.7 Å². The summed E-state index contributed by atoms with van der Waals surface area (Å²) in [4.78, 5) is 0. The van der Waals surface area contributed by atoms with Crippen molar-refractivity contribution in [1.82, 2.24) is 0 Å². The van der Waals surface area contributed by atoms with Crippen molar-refractivity contribution in [3.8, 4) is 0 Å². The summed E-state index contributed by atoms with van der Waals surface area (Å²) < 4.78 is 88.0. The van der Waals surface area contributed by atoms with Crippen LogP contribution in [0.5, 0.6) is 0 Å². The highest BCUT2D eigenvalue weighted by Gasteiger charge is 2.44. The topological polar surface area (TPSA) is 18.5 Å². The molecule has 0 atom stereocenters. The second kappa shape index (κ2) is 7.15. The molecule has 1 aromatic carbocycles. The van der Waals surface area contributed by atoms with Crippen molar-refractivity contribution in [2.24, 2.45) is 11.8 Å². The maximum atomic E-state index is 13.3. The Kier molecular flexibility index (Phi) is 5.29. The predicted molar refractivity (Wildman–Crippen MR) is 76.3 cm³/mol. The molecule has 1 heterocycles. The molecule has 1 aliphatic carbocycles. The van der Waals surface area contributed by atoms with Gasteiger partial charge in [-0.05, 0) is 49.3 Å². The summed E-state index contributed by atoms with van der Waals surface area (Å²) in [7, 11) is 0. The monoisotopic (exact) mass is 368 g/mol. The van der Waals surface area contributed by atoms with Gasteiger partial charge in [-0.3, -0.25) is 0 Å². The van der Waals surface area contributed by atoms with Gasteiger partial charge in [-0.25, -0.2) is 13.2 Å². The molecule has 0 amide bonds. The minimum Gasteiger partial charge on any atom is -0.352 e. The fourth-order valence-electron chi connectivity index (χ4n) is 3.51. The van der Waals surface area contributed by atoms with E-state index in [1.165, 1.54) is 0 Å². The number of hydrogen-bond donors (Lipinski definition) is 0. The molecule has 1 saturated heterocycles. The first-order chi connectivity index (χ1) is 11.8. The van der Waals surface area contributed by atoms with E-state index in [1.807, 2.05) is 0 Å². The Bertz CT molecular complexity index is 579. The van der Waals surface area contributed by atoms with Crippen LogP contribution in [-0.4, -0.2) is 25.7 Å². The molecule has 140 valence electrons. The van der Waals surface area contributed by atoms with E-state index in [0.29, 0.717) is 31.2 Å². The van der Waals surface area contributed by atoms with Crippen LogP contribution in [0, 0.1) is 29.3 Å². The van der Waals surface area contributed by atoms with E-state index in [0.717, 1.165) is 12.1 Å². The van der Waals surface area contributed by atoms with E-state index in [9.17, 15) is 26.3 Å². The zero-order chi connectivity index (χ0) is 18.2. The van der Waals surface area contributed by atoms with E-state index < -0.39 is 49.0 Å². The lowest BCUT2D eigenvalue weighted by atomic mass is 9.78. The molecule has 0 unspecified atom stereocenters. The molecule has 8 heteroatoms. The van der Waals surface area contributed by atoms with Crippen molar-refractivity contribution in [3.05, 3.63) is 35.1 Å². The van der Waals surface area contributed by atoms with Crippen molar-refractivity contribution in [3.63, 3.8) is 0 Å². The van der Waals surface area contributed by atoms with Crippen molar-refractivity contribution in [2.75, 3.05) is 13.2 Å². The summed E-state index contributed by atoms with van der Waals surface area (Å²) in [5, 5.41) is 0. The van der Waals surface area contributed by atoms with Crippen LogP contribution < -0.4 is 0 Å². The molecule has 0 spiro atoms. The third-order valence-corrected chi connectivity index (χ3v) is 5.02. The fraction of sp³-hybridized carbons (Fsp3) is 0.647. The van der Waals surface area contributed by atoms with Crippen LogP contribution in [0.25, 0.3) is 0 Å². The molecule has 2 nitrogen and oxygen atoms in total. The van der Waals surface area contributed by atoms with E-state index in [1.54, 1.807) is 0 Å². The van der Waals surface area contributed by atoms with Crippen LogP contribution in [0.15, 0.2) is 12.1 Å². The molecular formula is C17H18F6O2. The minimum absolute atomic E-state index is 0.0550. The van der Waals surface area contributed by atoms with Gasteiger partial charge in [0.25, 0.3) is 0 Å². The number of halogens is 6. The first-order valence-corrected chi connectivity index (χ1v) is 8.20. The second-order valence-electron chi connectivity index (χ2n) is 6.68. The van der Waals surface area contributed by atoms with Gasteiger partial charge in [-0.15, -0.1) is 0 Å². The van der Waals surface area contributed by atoms with Crippen LogP contribution in [0.1, 0.15) is 37.2 Å². The molecule has 1 aliphatic heterocycles. The largest absolute Gasteiger partial charge is 0.396 e. The summed E-state index contributed by atoms with van der Waals surface area (Å²) in [5.74, 6) is -5.69. The highest BCUT2D eigenvalue weighted by Crippen LogP contribution is 2.40. The SMILES string of the molecule is Fc1cc(C2CCC(C3OCC(C(F)(F)F)CO3)CC2)cc(F)c1F. The zero-order valence-electron chi connectivity index (χ0n) is 13.3. The number of benzene rings is 1. The Morgan fingerprint density at radius 2 is 1.36 bits per heavy atom. The molecule has 0 aromatic heterocycles. The molecule has 3 rings (SSSR count). The Hall–Kier alpha value is -1.28. The molecular weight excluding hydrogens is 350 g/mol. The standard InChI is InChI=1S/C17H18F6O2/c18-13-5-11(6-14(19)15(13)20)9-1-3-10(4-2-9)16-24-7-12(8-25-16)17(21,22)23/h5-6,9-10,12,16H,1-4,7-8H2. The summed E-state index contributed by atoms with van der Waals surface area (Å²) in [6.45, 7) is -0.828.